The molecule has 122 valence electrons. The van der Waals surface area contributed by atoms with Crippen molar-refractivity contribution in [3.8, 4) is 11.1 Å². The summed E-state index contributed by atoms with van der Waals surface area (Å²) in [6, 6.07) is 6.45. The maximum Gasteiger partial charge on any atom is 0.158 e. The van der Waals surface area contributed by atoms with Crippen LogP contribution < -0.4 is 0 Å². The molecule has 3 heteroatoms. The summed E-state index contributed by atoms with van der Waals surface area (Å²) in [6.45, 7) is 6.31. The number of benzene rings is 1. The molecule has 0 fully saturated rings. The van der Waals surface area contributed by atoms with Crippen molar-refractivity contribution in [3.63, 3.8) is 0 Å². The summed E-state index contributed by atoms with van der Waals surface area (Å²) in [5, 5.41) is 0. The first-order valence-corrected chi connectivity index (χ1v) is 8.61. The van der Waals surface area contributed by atoms with Crippen LogP contribution in [-0.2, 0) is 11.2 Å². The second-order valence-electron chi connectivity index (χ2n) is 6.91. The van der Waals surface area contributed by atoms with Crippen LogP contribution in [0, 0.1) is 5.92 Å². The lowest BCUT2D eigenvalue weighted by Crippen LogP contribution is -2.24. The van der Waals surface area contributed by atoms with Crippen LogP contribution in [0.5, 0.6) is 0 Å². The Morgan fingerprint density at radius 2 is 1.96 bits per heavy atom. The fourth-order valence-corrected chi connectivity index (χ4v) is 3.26. The Kier molecular flexibility index (Phi) is 3.81. The van der Waals surface area contributed by atoms with E-state index in [0.717, 1.165) is 23.4 Å². The van der Waals surface area contributed by atoms with Gasteiger partial charge < -0.3 is 4.74 Å². The highest BCUT2D eigenvalue weighted by atomic mass is 16.5. The first kappa shape index (κ1) is 15.3. The number of rotatable bonds is 4. The van der Waals surface area contributed by atoms with E-state index in [9.17, 15) is 0 Å². The molecule has 0 saturated carbocycles. The number of hydrogen-bond acceptors (Lipinski definition) is 3. The Bertz CT molecular complexity index is 818. The fraction of sp³-hybridized carbons (Fsp3) is 0.333. The molecule has 2 aromatic rings. The summed E-state index contributed by atoms with van der Waals surface area (Å²) in [6.07, 6.45) is 11.7. The highest BCUT2D eigenvalue weighted by Gasteiger charge is 2.22. The zero-order valence-electron chi connectivity index (χ0n) is 14.4. The van der Waals surface area contributed by atoms with E-state index in [2.05, 4.69) is 67.2 Å². The normalized spacial score (nSPS) is 21.6. The second kappa shape index (κ2) is 5.99. The van der Waals surface area contributed by atoms with Gasteiger partial charge in [0.1, 0.15) is 0 Å². The lowest BCUT2D eigenvalue weighted by molar-refractivity contribution is 0.0165. The van der Waals surface area contributed by atoms with Crippen molar-refractivity contribution in [2.24, 2.45) is 5.92 Å². The smallest absolute Gasteiger partial charge is 0.158 e. The van der Waals surface area contributed by atoms with Gasteiger partial charge in [0.05, 0.1) is 12.2 Å². The molecule has 1 heterocycles. The van der Waals surface area contributed by atoms with Gasteiger partial charge in [-0.05, 0) is 37.0 Å². The first-order valence-electron chi connectivity index (χ1n) is 8.61. The standard InChI is InChI=1S/C21H22N2O/c1-13(2)24-20-8-7-16(9-14(20)3)21-22-11-17(12-23-21)18-6-4-5-15-10-19(15)18/h4-9,11-14,20H,10H2,1-3H3. The van der Waals surface area contributed by atoms with E-state index in [4.69, 9.17) is 4.74 Å². The van der Waals surface area contributed by atoms with Crippen LogP contribution in [0.2, 0.25) is 0 Å². The molecular weight excluding hydrogens is 296 g/mol. The van der Waals surface area contributed by atoms with Gasteiger partial charge in [0.15, 0.2) is 5.82 Å². The van der Waals surface area contributed by atoms with E-state index >= 15 is 0 Å². The molecule has 0 saturated heterocycles. The van der Waals surface area contributed by atoms with Crippen molar-refractivity contribution in [2.45, 2.75) is 39.4 Å². The third kappa shape index (κ3) is 2.92. The Hall–Kier alpha value is -2.26. The Morgan fingerprint density at radius 3 is 2.67 bits per heavy atom. The quantitative estimate of drug-likeness (QED) is 0.714. The summed E-state index contributed by atoms with van der Waals surface area (Å²) in [7, 11) is 0. The minimum atomic E-state index is 0.132. The Balaban J connectivity index is 1.54. The predicted octanol–water partition coefficient (Wildman–Crippen LogP) is 4.43. The number of nitrogens with zero attached hydrogens (tertiary/aromatic N) is 2. The van der Waals surface area contributed by atoms with Crippen LogP contribution in [0.25, 0.3) is 16.7 Å². The van der Waals surface area contributed by atoms with E-state index in [1.807, 2.05) is 12.4 Å². The van der Waals surface area contributed by atoms with Gasteiger partial charge in [0, 0.05) is 29.4 Å². The predicted molar refractivity (Wildman–Crippen MR) is 96.6 cm³/mol. The van der Waals surface area contributed by atoms with Crippen LogP contribution >= 0.6 is 0 Å². The zero-order valence-corrected chi connectivity index (χ0v) is 14.4. The van der Waals surface area contributed by atoms with Gasteiger partial charge in [-0.3, -0.25) is 0 Å². The van der Waals surface area contributed by atoms with Gasteiger partial charge in [-0.25, -0.2) is 9.97 Å². The maximum atomic E-state index is 5.91. The van der Waals surface area contributed by atoms with Crippen molar-refractivity contribution >= 4 is 5.57 Å². The van der Waals surface area contributed by atoms with E-state index < -0.39 is 0 Å². The molecule has 2 atom stereocenters. The summed E-state index contributed by atoms with van der Waals surface area (Å²) in [5.41, 5.74) is 6.32. The number of hydrogen-bond donors (Lipinski definition) is 0. The van der Waals surface area contributed by atoms with Gasteiger partial charge in [0.2, 0.25) is 0 Å². The minimum Gasteiger partial charge on any atom is -0.371 e. The summed E-state index contributed by atoms with van der Waals surface area (Å²) in [5.74, 6) is 1.10. The lowest BCUT2D eigenvalue weighted by atomic mass is 9.94. The number of allylic oxidation sites excluding steroid dienone is 2. The van der Waals surface area contributed by atoms with E-state index in [0.29, 0.717) is 5.92 Å². The van der Waals surface area contributed by atoms with Crippen LogP contribution in [0.15, 0.2) is 48.8 Å². The van der Waals surface area contributed by atoms with Crippen LogP contribution in [0.1, 0.15) is 37.7 Å². The fourth-order valence-electron chi connectivity index (χ4n) is 3.26. The molecule has 0 amide bonds. The van der Waals surface area contributed by atoms with E-state index in [-0.39, 0.29) is 12.2 Å². The summed E-state index contributed by atoms with van der Waals surface area (Å²) < 4.78 is 5.91. The molecule has 0 spiro atoms. The second-order valence-corrected chi connectivity index (χ2v) is 6.91. The zero-order chi connectivity index (χ0) is 16.7. The van der Waals surface area contributed by atoms with Gasteiger partial charge >= 0.3 is 0 Å². The molecule has 2 aliphatic carbocycles. The molecule has 4 rings (SSSR count). The summed E-state index contributed by atoms with van der Waals surface area (Å²) in [4.78, 5) is 9.18. The molecule has 2 aliphatic rings. The van der Waals surface area contributed by atoms with Crippen LogP contribution in [0.4, 0.5) is 0 Å². The van der Waals surface area contributed by atoms with Gasteiger partial charge in [-0.2, -0.15) is 0 Å². The van der Waals surface area contributed by atoms with Crippen LogP contribution in [-0.4, -0.2) is 22.2 Å². The highest BCUT2D eigenvalue weighted by Crippen LogP contribution is 2.37. The van der Waals surface area contributed by atoms with Gasteiger partial charge in [-0.1, -0.05) is 43.4 Å². The third-order valence-corrected chi connectivity index (χ3v) is 4.59. The average molecular weight is 318 g/mol. The topological polar surface area (TPSA) is 35.0 Å². The molecule has 2 unspecified atom stereocenters. The minimum absolute atomic E-state index is 0.132. The number of fused-ring (bicyclic) bond motifs is 1. The van der Waals surface area contributed by atoms with Gasteiger partial charge in [-0.15, -0.1) is 0 Å². The highest BCUT2D eigenvalue weighted by molar-refractivity contribution is 5.75. The van der Waals surface area contributed by atoms with Crippen molar-refractivity contribution in [3.05, 3.63) is 65.8 Å². The number of aromatic nitrogens is 2. The molecule has 1 aromatic heterocycles. The molecular formula is C21H22N2O. The van der Waals surface area contributed by atoms with Crippen LogP contribution in [0.3, 0.4) is 0 Å². The lowest BCUT2D eigenvalue weighted by Gasteiger charge is -2.25. The third-order valence-electron chi connectivity index (χ3n) is 4.59. The maximum absolute atomic E-state index is 5.91. The molecule has 3 nitrogen and oxygen atoms in total. The van der Waals surface area contributed by atoms with Crippen molar-refractivity contribution < 1.29 is 4.74 Å². The molecule has 0 radical (unpaired) electrons. The molecule has 0 bridgehead atoms. The SMILES string of the molecule is CC(C)OC1C=CC(c2ncc(-c3cccc4c3C4)cn2)=CC1C. The Labute approximate surface area is 143 Å². The molecule has 1 aromatic carbocycles. The molecule has 0 aliphatic heterocycles. The van der Waals surface area contributed by atoms with E-state index in [1.54, 1.807) is 0 Å². The van der Waals surface area contributed by atoms with Crippen molar-refractivity contribution in [2.75, 3.05) is 0 Å². The summed E-state index contributed by atoms with van der Waals surface area (Å²) >= 11 is 0. The number of ether oxygens (including phenoxy) is 1. The monoisotopic (exact) mass is 318 g/mol. The van der Waals surface area contributed by atoms with Crippen molar-refractivity contribution in [1.29, 1.82) is 0 Å². The average Bonchev–Trinajstić information content (AvgIpc) is 3.36. The molecule has 24 heavy (non-hydrogen) atoms. The van der Waals surface area contributed by atoms with Gasteiger partial charge in [0.25, 0.3) is 0 Å². The first-order chi connectivity index (χ1) is 11.6. The Morgan fingerprint density at radius 1 is 1.17 bits per heavy atom. The largest absolute Gasteiger partial charge is 0.371 e. The molecule has 0 N–H and O–H groups in total. The van der Waals surface area contributed by atoms with Crippen molar-refractivity contribution in [1.82, 2.24) is 9.97 Å². The van der Waals surface area contributed by atoms with E-state index in [1.165, 1.54) is 16.7 Å².